The number of aromatic nitrogens is 2. The summed E-state index contributed by atoms with van der Waals surface area (Å²) in [4.78, 5) is 23.6. The molecule has 0 radical (unpaired) electrons. The predicted octanol–water partition coefficient (Wildman–Crippen LogP) is 4.37. The Morgan fingerprint density at radius 1 is 1.15 bits per heavy atom. The zero-order valence-electron chi connectivity index (χ0n) is 14.6. The molecule has 0 saturated carbocycles. The number of nitrogens with zero attached hydrogens (tertiary/aromatic N) is 3. The largest absolute Gasteiger partial charge is 0.371 e. The van der Waals surface area contributed by atoms with E-state index in [1.807, 2.05) is 29.6 Å². The maximum atomic E-state index is 12.5. The van der Waals surface area contributed by atoms with Gasteiger partial charge in [0, 0.05) is 35.9 Å². The van der Waals surface area contributed by atoms with E-state index in [0.29, 0.717) is 10.8 Å². The smallest absolute Gasteiger partial charge is 0.276 e. The fourth-order valence-corrected chi connectivity index (χ4v) is 3.78. The summed E-state index contributed by atoms with van der Waals surface area (Å²) in [5, 5.41) is 5.40. The van der Waals surface area contributed by atoms with Crippen LogP contribution in [0.25, 0.3) is 11.3 Å². The van der Waals surface area contributed by atoms with E-state index in [0.717, 1.165) is 30.0 Å². The highest BCUT2D eigenvalue weighted by Gasteiger charge is 2.16. The fourth-order valence-electron chi connectivity index (χ4n) is 3.06. The summed E-state index contributed by atoms with van der Waals surface area (Å²) in [5.41, 5.74) is 4.59. The molecule has 5 nitrogen and oxygen atoms in total. The lowest BCUT2D eigenvalue weighted by molar-refractivity contribution is 0.102. The van der Waals surface area contributed by atoms with Gasteiger partial charge in [0.25, 0.3) is 5.91 Å². The summed E-state index contributed by atoms with van der Waals surface area (Å²) in [6.45, 7) is 4.13. The van der Waals surface area contributed by atoms with Crippen molar-refractivity contribution in [2.24, 2.45) is 0 Å². The van der Waals surface area contributed by atoms with E-state index in [1.54, 1.807) is 6.20 Å². The monoisotopic (exact) mass is 364 g/mol. The van der Waals surface area contributed by atoms with Crippen molar-refractivity contribution in [1.82, 2.24) is 9.97 Å². The molecule has 3 aromatic rings. The van der Waals surface area contributed by atoms with E-state index < -0.39 is 0 Å². The molecule has 4 rings (SSSR count). The Labute approximate surface area is 156 Å². The van der Waals surface area contributed by atoms with Crippen LogP contribution in [-0.4, -0.2) is 29.0 Å². The van der Waals surface area contributed by atoms with Gasteiger partial charge >= 0.3 is 0 Å². The third kappa shape index (κ3) is 3.60. The molecule has 0 spiro atoms. The Hall–Kier alpha value is -2.73. The summed E-state index contributed by atoms with van der Waals surface area (Å²) in [6, 6.07) is 12.0. The Bertz CT molecular complexity index is 914. The van der Waals surface area contributed by atoms with Gasteiger partial charge in [0.2, 0.25) is 0 Å². The molecule has 0 bridgehead atoms. The Balaban J connectivity index is 1.48. The first-order valence-electron chi connectivity index (χ1n) is 8.74. The van der Waals surface area contributed by atoms with E-state index in [9.17, 15) is 4.79 Å². The van der Waals surface area contributed by atoms with E-state index in [2.05, 4.69) is 39.2 Å². The third-order valence-corrected chi connectivity index (χ3v) is 5.28. The van der Waals surface area contributed by atoms with Gasteiger partial charge in [-0.15, -0.1) is 11.3 Å². The van der Waals surface area contributed by atoms with Crippen LogP contribution in [0.5, 0.6) is 0 Å². The first kappa shape index (κ1) is 16.7. The van der Waals surface area contributed by atoms with Crippen molar-refractivity contribution in [2.75, 3.05) is 23.3 Å². The van der Waals surface area contributed by atoms with Gasteiger partial charge in [-0.2, -0.15) is 0 Å². The SMILES string of the molecule is Cc1ccc(-c2csc(NC(=O)c3cc(N4CCCC4)ccn3)n2)cc1. The number of carbonyl (C=O) groups excluding carboxylic acids is 1. The molecule has 1 aliphatic heterocycles. The van der Waals surface area contributed by atoms with Crippen molar-refractivity contribution in [3.8, 4) is 11.3 Å². The Morgan fingerprint density at radius 3 is 2.69 bits per heavy atom. The van der Waals surface area contributed by atoms with Crippen LogP contribution >= 0.6 is 11.3 Å². The second kappa shape index (κ2) is 7.25. The highest BCUT2D eigenvalue weighted by Crippen LogP contribution is 2.26. The Kier molecular flexibility index (Phi) is 4.67. The minimum atomic E-state index is -0.226. The summed E-state index contributed by atoms with van der Waals surface area (Å²) in [6.07, 6.45) is 4.09. The second-order valence-electron chi connectivity index (χ2n) is 6.45. The topological polar surface area (TPSA) is 58.1 Å². The second-order valence-corrected chi connectivity index (χ2v) is 7.31. The van der Waals surface area contributed by atoms with Gasteiger partial charge in [-0.25, -0.2) is 4.98 Å². The lowest BCUT2D eigenvalue weighted by atomic mass is 10.1. The number of hydrogen-bond donors (Lipinski definition) is 1. The molecule has 132 valence electrons. The standard InChI is InChI=1S/C20H20N4OS/c1-14-4-6-15(7-5-14)18-13-26-20(22-18)23-19(25)17-12-16(8-9-21-17)24-10-2-3-11-24/h4-9,12-13H,2-3,10-11H2,1H3,(H,22,23,25). The molecule has 0 atom stereocenters. The summed E-state index contributed by atoms with van der Waals surface area (Å²) >= 11 is 1.42. The van der Waals surface area contributed by atoms with Crippen LogP contribution in [0.2, 0.25) is 0 Å². The molecule has 0 unspecified atom stereocenters. The van der Waals surface area contributed by atoms with E-state index in [1.165, 1.54) is 29.7 Å². The number of anilines is 2. The average Bonchev–Trinajstić information content (AvgIpc) is 3.34. The van der Waals surface area contributed by atoms with Crippen LogP contribution in [-0.2, 0) is 0 Å². The van der Waals surface area contributed by atoms with E-state index in [4.69, 9.17) is 0 Å². The number of rotatable bonds is 4. The molecule has 3 heterocycles. The zero-order valence-corrected chi connectivity index (χ0v) is 15.4. The predicted molar refractivity (Wildman–Crippen MR) is 106 cm³/mol. The molecule has 1 aromatic carbocycles. The van der Waals surface area contributed by atoms with Gasteiger partial charge in [0.05, 0.1) is 5.69 Å². The molecule has 1 N–H and O–H groups in total. The van der Waals surface area contributed by atoms with Crippen LogP contribution in [0.15, 0.2) is 48.0 Å². The van der Waals surface area contributed by atoms with Crippen LogP contribution in [0, 0.1) is 6.92 Å². The fraction of sp³-hybridized carbons (Fsp3) is 0.250. The minimum Gasteiger partial charge on any atom is -0.371 e. The van der Waals surface area contributed by atoms with Crippen LogP contribution in [0.3, 0.4) is 0 Å². The summed E-state index contributed by atoms with van der Waals surface area (Å²) in [7, 11) is 0. The zero-order chi connectivity index (χ0) is 17.9. The molecule has 26 heavy (non-hydrogen) atoms. The lowest BCUT2D eigenvalue weighted by Gasteiger charge is -2.17. The van der Waals surface area contributed by atoms with Gasteiger partial charge in [-0.3, -0.25) is 15.1 Å². The minimum absolute atomic E-state index is 0.226. The van der Waals surface area contributed by atoms with Gasteiger partial charge in [0.15, 0.2) is 5.13 Å². The van der Waals surface area contributed by atoms with Crippen molar-refractivity contribution in [2.45, 2.75) is 19.8 Å². The van der Waals surface area contributed by atoms with Gasteiger partial charge in [0.1, 0.15) is 5.69 Å². The first-order chi connectivity index (χ1) is 12.7. The number of aryl methyl sites for hydroxylation is 1. The molecule has 1 aliphatic rings. The van der Waals surface area contributed by atoms with Crippen molar-refractivity contribution < 1.29 is 4.79 Å². The highest BCUT2D eigenvalue weighted by atomic mass is 32.1. The molecular weight excluding hydrogens is 344 g/mol. The van der Waals surface area contributed by atoms with Crippen molar-refractivity contribution >= 4 is 28.1 Å². The maximum Gasteiger partial charge on any atom is 0.276 e. The van der Waals surface area contributed by atoms with Gasteiger partial charge < -0.3 is 4.90 Å². The number of hydrogen-bond acceptors (Lipinski definition) is 5. The number of benzene rings is 1. The molecule has 1 fully saturated rings. The normalized spacial score (nSPS) is 13.8. The molecule has 6 heteroatoms. The Morgan fingerprint density at radius 2 is 1.92 bits per heavy atom. The number of amides is 1. The van der Waals surface area contributed by atoms with Crippen LogP contribution < -0.4 is 10.2 Å². The van der Waals surface area contributed by atoms with E-state index >= 15 is 0 Å². The molecular formula is C20H20N4OS. The maximum absolute atomic E-state index is 12.5. The quantitative estimate of drug-likeness (QED) is 0.747. The van der Waals surface area contributed by atoms with E-state index in [-0.39, 0.29) is 5.91 Å². The number of nitrogens with one attached hydrogen (secondary N) is 1. The summed E-state index contributed by atoms with van der Waals surface area (Å²) < 4.78 is 0. The number of thiazole rings is 1. The third-order valence-electron chi connectivity index (χ3n) is 4.52. The average molecular weight is 364 g/mol. The first-order valence-corrected chi connectivity index (χ1v) is 9.62. The molecule has 1 amide bonds. The van der Waals surface area contributed by atoms with Crippen LogP contribution in [0.1, 0.15) is 28.9 Å². The number of carbonyl (C=O) groups is 1. The van der Waals surface area contributed by atoms with Crippen molar-refractivity contribution in [3.63, 3.8) is 0 Å². The van der Waals surface area contributed by atoms with Crippen molar-refractivity contribution in [1.29, 1.82) is 0 Å². The highest BCUT2D eigenvalue weighted by molar-refractivity contribution is 7.14. The van der Waals surface area contributed by atoms with Crippen molar-refractivity contribution in [3.05, 3.63) is 59.2 Å². The molecule has 1 saturated heterocycles. The van der Waals surface area contributed by atoms with Gasteiger partial charge in [-0.05, 0) is 31.9 Å². The van der Waals surface area contributed by atoms with Crippen LogP contribution in [0.4, 0.5) is 10.8 Å². The van der Waals surface area contributed by atoms with Gasteiger partial charge in [-0.1, -0.05) is 29.8 Å². The summed E-state index contributed by atoms with van der Waals surface area (Å²) in [5.74, 6) is -0.226. The lowest BCUT2D eigenvalue weighted by Crippen LogP contribution is -2.19. The molecule has 0 aliphatic carbocycles. The molecule has 2 aromatic heterocycles. The number of pyridine rings is 1.